The van der Waals surface area contributed by atoms with Crippen molar-refractivity contribution in [1.82, 2.24) is 0 Å². The van der Waals surface area contributed by atoms with Crippen LogP contribution in [0.2, 0.25) is 5.02 Å². The molecule has 3 rings (SSSR count). The van der Waals surface area contributed by atoms with Crippen molar-refractivity contribution in [3.8, 4) is 0 Å². The van der Waals surface area contributed by atoms with E-state index in [0.717, 1.165) is 0 Å². The Balaban J connectivity index is 2.12. The van der Waals surface area contributed by atoms with Gasteiger partial charge in [0.25, 0.3) is 0 Å². The third-order valence-corrected chi connectivity index (χ3v) is 3.27. The van der Waals surface area contributed by atoms with Crippen molar-refractivity contribution in [2.45, 2.75) is 0 Å². The van der Waals surface area contributed by atoms with Crippen LogP contribution in [-0.4, -0.2) is 11.1 Å². The zero-order valence-corrected chi connectivity index (χ0v) is 11.3. The van der Waals surface area contributed by atoms with Crippen molar-refractivity contribution in [2.75, 3.05) is 5.32 Å². The molecule has 0 amide bonds. The molecule has 0 atom stereocenters. The van der Waals surface area contributed by atoms with E-state index in [4.69, 9.17) is 16.0 Å². The van der Waals surface area contributed by atoms with Crippen molar-refractivity contribution in [2.24, 2.45) is 0 Å². The van der Waals surface area contributed by atoms with Crippen molar-refractivity contribution >= 4 is 39.9 Å². The van der Waals surface area contributed by atoms with Crippen LogP contribution in [0, 0.1) is 5.82 Å². The van der Waals surface area contributed by atoms with Gasteiger partial charge in [-0.25, -0.2) is 9.18 Å². The first-order valence-electron chi connectivity index (χ1n) is 6.03. The molecule has 2 aromatic carbocycles. The molecule has 0 aliphatic heterocycles. The molecule has 0 fully saturated rings. The van der Waals surface area contributed by atoms with Gasteiger partial charge >= 0.3 is 5.97 Å². The summed E-state index contributed by atoms with van der Waals surface area (Å²) in [6, 6.07) is 11.0. The number of fused-ring (bicyclic) bond motifs is 1. The fraction of sp³-hybridized carbons (Fsp3) is 0. The summed E-state index contributed by atoms with van der Waals surface area (Å²) in [4.78, 5) is 11.3. The van der Waals surface area contributed by atoms with Crippen LogP contribution in [0.4, 0.5) is 15.8 Å². The average molecular weight is 306 g/mol. The Morgan fingerprint density at radius 2 is 2.00 bits per heavy atom. The second kappa shape index (κ2) is 5.10. The molecule has 106 valence electrons. The number of hydrogen-bond donors (Lipinski definition) is 2. The molecule has 0 saturated carbocycles. The molecule has 0 bridgehead atoms. The smallest absolute Gasteiger partial charge is 0.374 e. The van der Waals surface area contributed by atoms with E-state index >= 15 is 0 Å². The molecular formula is C15H9ClFNO3. The van der Waals surface area contributed by atoms with Gasteiger partial charge in [0.2, 0.25) is 5.76 Å². The minimum absolute atomic E-state index is 0.0512. The number of hydrogen-bond acceptors (Lipinski definition) is 3. The maximum absolute atomic E-state index is 13.2. The van der Waals surface area contributed by atoms with Crippen molar-refractivity contribution in [1.29, 1.82) is 0 Å². The molecule has 0 spiro atoms. The third-order valence-electron chi connectivity index (χ3n) is 2.98. The highest BCUT2D eigenvalue weighted by atomic mass is 35.5. The van der Waals surface area contributed by atoms with E-state index in [1.807, 2.05) is 0 Å². The summed E-state index contributed by atoms with van der Waals surface area (Å²) in [7, 11) is 0. The van der Waals surface area contributed by atoms with E-state index in [0.29, 0.717) is 22.3 Å². The topological polar surface area (TPSA) is 62.5 Å². The van der Waals surface area contributed by atoms with Gasteiger partial charge < -0.3 is 14.8 Å². The highest BCUT2D eigenvalue weighted by Crippen LogP contribution is 2.34. The monoisotopic (exact) mass is 305 g/mol. The maximum atomic E-state index is 13.2. The molecule has 1 heterocycles. The standard InChI is InChI=1S/C15H9ClFNO3/c16-10-7-8(5-6-11(10)17)18-13-9-3-1-2-4-12(9)21-14(13)15(19)20/h1-7,18H,(H,19,20). The Labute approximate surface area is 123 Å². The Kier molecular flexibility index (Phi) is 3.27. The number of halogens is 2. The number of furan rings is 1. The molecule has 0 saturated heterocycles. The average Bonchev–Trinajstić information content (AvgIpc) is 2.82. The molecule has 0 aliphatic rings. The first-order chi connectivity index (χ1) is 10.1. The molecular weight excluding hydrogens is 297 g/mol. The van der Waals surface area contributed by atoms with E-state index in [1.165, 1.54) is 18.2 Å². The van der Waals surface area contributed by atoms with Crippen LogP contribution in [0.1, 0.15) is 10.6 Å². The summed E-state index contributed by atoms with van der Waals surface area (Å²) < 4.78 is 18.5. The molecule has 0 aliphatic carbocycles. The van der Waals surface area contributed by atoms with E-state index in [2.05, 4.69) is 5.32 Å². The van der Waals surface area contributed by atoms with Gasteiger partial charge in [-0.1, -0.05) is 23.7 Å². The number of anilines is 2. The van der Waals surface area contributed by atoms with Gasteiger partial charge in [-0.05, 0) is 30.3 Å². The number of carbonyl (C=O) groups is 1. The zero-order valence-electron chi connectivity index (χ0n) is 10.6. The van der Waals surface area contributed by atoms with Crippen LogP contribution in [0.3, 0.4) is 0 Å². The number of carboxylic acids is 1. The largest absolute Gasteiger partial charge is 0.475 e. The number of nitrogens with one attached hydrogen (secondary N) is 1. The molecule has 2 N–H and O–H groups in total. The first-order valence-corrected chi connectivity index (χ1v) is 6.41. The predicted octanol–water partition coefficient (Wildman–Crippen LogP) is 4.67. The summed E-state index contributed by atoms with van der Waals surface area (Å²) in [5.74, 6) is -1.95. The number of rotatable bonds is 3. The van der Waals surface area contributed by atoms with Crippen LogP contribution in [0.15, 0.2) is 46.9 Å². The van der Waals surface area contributed by atoms with E-state index < -0.39 is 11.8 Å². The highest BCUT2D eigenvalue weighted by Gasteiger charge is 2.20. The second-order valence-electron chi connectivity index (χ2n) is 4.36. The Morgan fingerprint density at radius 1 is 1.24 bits per heavy atom. The lowest BCUT2D eigenvalue weighted by Crippen LogP contribution is -2.00. The predicted molar refractivity (Wildman–Crippen MR) is 77.9 cm³/mol. The normalized spacial score (nSPS) is 10.8. The van der Waals surface area contributed by atoms with Crippen molar-refractivity contribution in [3.05, 3.63) is 59.1 Å². The summed E-state index contributed by atoms with van der Waals surface area (Å²) in [5, 5.41) is 12.7. The summed E-state index contributed by atoms with van der Waals surface area (Å²) in [6.45, 7) is 0. The highest BCUT2D eigenvalue weighted by molar-refractivity contribution is 6.31. The lowest BCUT2D eigenvalue weighted by Gasteiger charge is -2.06. The van der Waals surface area contributed by atoms with Gasteiger partial charge in [-0.3, -0.25) is 0 Å². The lowest BCUT2D eigenvalue weighted by molar-refractivity contribution is 0.0666. The number of carboxylic acid groups (broad SMARTS) is 1. The minimum Gasteiger partial charge on any atom is -0.475 e. The number of benzene rings is 2. The fourth-order valence-corrected chi connectivity index (χ4v) is 2.22. The van der Waals surface area contributed by atoms with Crippen LogP contribution < -0.4 is 5.32 Å². The molecule has 6 heteroatoms. The SMILES string of the molecule is O=C(O)c1oc2ccccc2c1Nc1ccc(F)c(Cl)c1. The Bertz CT molecular complexity index is 844. The maximum Gasteiger partial charge on any atom is 0.374 e. The van der Waals surface area contributed by atoms with Gasteiger partial charge in [0.1, 0.15) is 17.1 Å². The molecule has 21 heavy (non-hydrogen) atoms. The molecule has 4 nitrogen and oxygen atoms in total. The van der Waals surface area contributed by atoms with Crippen LogP contribution in [-0.2, 0) is 0 Å². The lowest BCUT2D eigenvalue weighted by atomic mass is 10.2. The minimum atomic E-state index is -1.19. The van der Waals surface area contributed by atoms with E-state index in [9.17, 15) is 14.3 Å². The van der Waals surface area contributed by atoms with Gasteiger partial charge in [-0.15, -0.1) is 0 Å². The van der Waals surface area contributed by atoms with E-state index in [-0.39, 0.29) is 10.8 Å². The molecule has 3 aromatic rings. The van der Waals surface area contributed by atoms with Crippen LogP contribution >= 0.6 is 11.6 Å². The number of para-hydroxylation sites is 1. The fourth-order valence-electron chi connectivity index (χ4n) is 2.04. The first kappa shape index (κ1) is 13.5. The van der Waals surface area contributed by atoms with Gasteiger partial charge in [0.05, 0.1) is 5.02 Å². The van der Waals surface area contributed by atoms with Crippen molar-refractivity contribution in [3.63, 3.8) is 0 Å². The van der Waals surface area contributed by atoms with Crippen LogP contribution in [0.5, 0.6) is 0 Å². The van der Waals surface area contributed by atoms with Gasteiger partial charge in [0, 0.05) is 11.1 Å². The molecule has 1 aromatic heterocycles. The number of aromatic carboxylic acids is 1. The third kappa shape index (κ3) is 2.43. The summed E-state index contributed by atoms with van der Waals surface area (Å²) in [5.41, 5.74) is 1.22. The Morgan fingerprint density at radius 3 is 2.71 bits per heavy atom. The van der Waals surface area contributed by atoms with Gasteiger partial charge in [-0.2, -0.15) is 0 Å². The molecule has 0 unspecified atom stereocenters. The zero-order chi connectivity index (χ0) is 15.0. The van der Waals surface area contributed by atoms with Crippen LogP contribution in [0.25, 0.3) is 11.0 Å². The Hall–Kier alpha value is -2.53. The quantitative estimate of drug-likeness (QED) is 0.738. The van der Waals surface area contributed by atoms with E-state index in [1.54, 1.807) is 24.3 Å². The van der Waals surface area contributed by atoms with Gasteiger partial charge in [0.15, 0.2) is 0 Å². The van der Waals surface area contributed by atoms with Crippen molar-refractivity contribution < 1.29 is 18.7 Å². The molecule has 0 radical (unpaired) electrons. The second-order valence-corrected chi connectivity index (χ2v) is 4.77. The summed E-state index contributed by atoms with van der Waals surface area (Å²) in [6.07, 6.45) is 0. The summed E-state index contributed by atoms with van der Waals surface area (Å²) >= 11 is 5.72.